The first-order valence-corrected chi connectivity index (χ1v) is 5.27. The van der Waals surface area contributed by atoms with Crippen molar-refractivity contribution in [3.8, 4) is 6.07 Å². The quantitative estimate of drug-likeness (QED) is 0.646. The summed E-state index contributed by atoms with van der Waals surface area (Å²) in [5.74, 6) is 0.236. The fraction of sp³-hybridized carbons (Fsp3) is 0.818. The van der Waals surface area contributed by atoms with Gasteiger partial charge in [0.15, 0.2) is 0 Å². The van der Waals surface area contributed by atoms with Gasteiger partial charge in [-0.25, -0.2) is 0 Å². The van der Waals surface area contributed by atoms with Crippen molar-refractivity contribution < 1.29 is 4.79 Å². The van der Waals surface area contributed by atoms with E-state index in [0.717, 1.165) is 6.54 Å². The molecule has 0 bridgehead atoms. The second-order valence-electron chi connectivity index (χ2n) is 4.13. The maximum Gasteiger partial charge on any atom is 0.131 e. The molecule has 0 N–H and O–H groups in total. The molecular weight excluding hydrogens is 176 g/mol. The minimum absolute atomic E-state index is 0.236. The van der Waals surface area contributed by atoms with Crippen molar-refractivity contribution in [2.24, 2.45) is 0 Å². The van der Waals surface area contributed by atoms with E-state index in [-0.39, 0.29) is 5.78 Å². The van der Waals surface area contributed by atoms with Crippen molar-refractivity contribution in [2.75, 3.05) is 6.54 Å². The fourth-order valence-corrected chi connectivity index (χ4v) is 1.88. The molecule has 0 spiro atoms. The lowest BCUT2D eigenvalue weighted by Crippen LogP contribution is -2.36. The summed E-state index contributed by atoms with van der Waals surface area (Å²) in [5, 5.41) is 8.54. The molecule has 1 atom stereocenters. The van der Waals surface area contributed by atoms with E-state index in [0.29, 0.717) is 24.9 Å². The van der Waals surface area contributed by atoms with Gasteiger partial charge in [-0.3, -0.25) is 9.69 Å². The van der Waals surface area contributed by atoms with Crippen LogP contribution in [0.2, 0.25) is 0 Å². The Morgan fingerprint density at radius 2 is 2.29 bits per heavy atom. The van der Waals surface area contributed by atoms with Gasteiger partial charge in [0.25, 0.3) is 0 Å². The summed E-state index contributed by atoms with van der Waals surface area (Å²) in [6, 6.07) is 3.10. The Balaban J connectivity index is 2.40. The predicted molar refractivity (Wildman–Crippen MR) is 54.7 cm³/mol. The minimum atomic E-state index is 0.236. The molecule has 1 aliphatic rings. The van der Waals surface area contributed by atoms with Gasteiger partial charge in [-0.2, -0.15) is 5.26 Å². The summed E-state index contributed by atoms with van der Waals surface area (Å²) in [4.78, 5) is 13.3. The molecule has 0 amide bonds. The first-order valence-electron chi connectivity index (χ1n) is 5.27. The minimum Gasteiger partial charge on any atom is -0.300 e. The highest BCUT2D eigenvalue weighted by molar-refractivity contribution is 5.76. The number of hydrogen-bond acceptors (Lipinski definition) is 3. The van der Waals surface area contributed by atoms with Crippen LogP contribution in [-0.4, -0.2) is 29.3 Å². The molecule has 1 rings (SSSR count). The van der Waals surface area contributed by atoms with E-state index >= 15 is 0 Å². The maximum absolute atomic E-state index is 11.0. The lowest BCUT2D eigenvalue weighted by atomic mass is 10.1. The second kappa shape index (κ2) is 5.11. The van der Waals surface area contributed by atoms with E-state index in [1.54, 1.807) is 6.92 Å². The molecule has 3 nitrogen and oxygen atoms in total. The molecule has 3 heteroatoms. The van der Waals surface area contributed by atoms with Gasteiger partial charge >= 0.3 is 0 Å². The maximum atomic E-state index is 11.0. The number of hydrogen-bond donors (Lipinski definition) is 0. The van der Waals surface area contributed by atoms with Crippen LogP contribution in [0.1, 0.15) is 39.5 Å². The predicted octanol–water partition coefficient (Wildman–Crippen LogP) is 1.73. The fourth-order valence-electron chi connectivity index (χ4n) is 1.88. The van der Waals surface area contributed by atoms with Gasteiger partial charge in [0.1, 0.15) is 5.78 Å². The van der Waals surface area contributed by atoms with Gasteiger partial charge in [-0.15, -0.1) is 0 Å². The summed E-state index contributed by atoms with van der Waals surface area (Å²) in [6.45, 7) is 4.53. The average Bonchev–Trinajstić information content (AvgIpc) is 2.87. The molecule has 14 heavy (non-hydrogen) atoms. The van der Waals surface area contributed by atoms with E-state index in [9.17, 15) is 4.79 Å². The van der Waals surface area contributed by atoms with Crippen molar-refractivity contribution >= 4 is 5.78 Å². The van der Waals surface area contributed by atoms with Crippen molar-refractivity contribution in [3.05, 3.63) is 0 Å². The molecule has 1 unspecified atom stereocenters. The summed E-state index contributed by atoms with van der Waals surface area (Å²) in [7, 11) is 0. The van der Waals surface area contributed by atoms with Gasteiger partial charge < -0.3 is 0 Å². The Hall–Kier alpha value is -0.880. The van der Waals surface area contributed by atoms with E-state index in [1.807, 2.05) is 0 Å². The van der Waals surface area contributed by atoms with Crippen molar-refractivity contribution in [1.29, 1.82) is 5.26 Å². The van der Waals surface area contributed by atoms with Gasteiger partial charge in [0.2, 0.25) is 0 Å². The standard InChI is InChI=1S/C11H18N2O/c1-9(8-10(2)14)13(7-3-6-12)11-4-5-11/h9,11H,3-5,7-8H2,1-2H3. The molecule has 0 saturated heterocycles. The average molecular weight is 194 g/mol. The molecule has 1 fully saturated rings. The number of nitriles is 1. The lowest BCUT2D eigenvalue weighted by molar-refractivity contribution is -0.118. The molecule has 0 aliphatic heterocycles. The Morgan fingerprint density at radius 3 is 2.71 bits per heavy atom. The first kappa shape index (κ1) is 11.2. The van der Waals surface area contributed by atoms with Crippen LogP contribution in [-0.2, 0) is 4.79 Å². The topological polar surface area (TPSA) is 44.1 Å². The Bertz CT molecular complexity index is 240. The smallest absolute Gasteiger partial charge is 0.131 e. The molecule has 0 radical (unpaired) electrons. The van der Waals surface area contributed by atoms with Crippen LogP contribution in [0.5, 0.6) is 0 Å². The number of Topliss-reactive ketones (excluding diaryl/α,β-unsaturated/α-hetero) is 1. The number of carbonyl (C=O) groups excluding carboxylic acids is 1. The summed E-state index contributed by atoms with van der Waals surface area (Å²) < 4.78 is 0. The number of carbonyl (C=O) groups is 1. The van der Waals surface area contributed by atoms with Crippen LogP contribution in [0.3, 0.4) is 0 Å². The largest absolute Gasteiger partial charge is 0.300 e. The number of rotatable bonds is 6. The Kier molecular flexibility index (Phi) is 4.09. The molecular formula is C11H18N2O. The first-order chi connectivity index (χ1) is 6.65. The van der Waals surface area contributed by atoms with Crippen LogP contribution in [0.4, 0.5) is 0 Å². The molecule has 1 aliphatic carbocycles. The van der Waals surface area contributed by atoms with Crippen LogP contribution in [0, 0.1) is 11.3 Å². The zero-order chi connectivity index (χ0) is 10.6. The SMILES string of the molecule is CC(=O)CC(C)N(CCC#N)C1CC1. The Morgan fingerprint density at radius 1 is 1.64 bits per heavy atom. The van der Waals surface area contributed by atoms with Gasteiger partial charge in [-0.05, 0) is 26.7 Å². The van der Waals surface area contributed by atoms with Gasteiger partial charge in [0.05, 0.1) is 6.07 Å². The highest BCUT2D eigenvalue weighted by Crippen LogP contribution is 2.29. The van der Waals surface area contributed by atoms with E-state index in [2.05, 4.69) is 17.9 Å². The van der Waals surface area contributed by atoms with Crippen LogP contribution in [0.15, 0.2) is 0 Å². The summed E-state index contributed by atoms with van der Waals surface area (Å²) in [5.41, 5.74) is 0. The number of nitrogens with zero attached hydrogens (tertiary/aromatic N) is 2. The third kappa shape index (κ3) is 3.47. The highest BCUT2D eigenvalue weighted by atomic mass is 16.1. The highest BCUT2D eigenvalue weighted by Gasteiger charge is 2.31. The van der Waals surface area contributed by atoms with Gasteiger partial charge in [0, 0.05) is 31.5 Å². The zero-order valence-electron chi connectivity index (χ0n) is 8.99. The van der Waals surface area contributed by atoms with E-state index in [1.165, 1.54) is 12.8 Å². The third-order valence-electron chi connectivity index (χ3n) is 2.65. The molecule has 0 aromatic carbocycles. The monoisotopic (exact) mass is 194 g/mol. The van der Waals surface area contributed by atoms with Crippen LogP contribution >= 0.6 is 0 Å². The van der Waals surface area contributed by atoms with Crippen molar-refractivity contribution in [2.45, 2.75) is 51.6 Å². The molecule has 78 valence electrons. The van der Waals surface area contributed by atoms with Crippen molar-refractivity contribution in [1.82, 2.24) is 4.90 Å². The van der Waals surface area contributed by atoms with E-state index < -0.39 is 0 Å². The van der Waals surface area contributed by atoms with Gasteiger partial charge in [-0.1, -0.05) is 0 Å². The van der Waals surface area contributed by atoms with Crippen molar-refractivity contribution in [3.63, 3.8) is 0 Å². The molecule has 1 saturated carbocycles. The number of ketones is 1. The van der Waals surface area contributed by atoms with Crippen LogP contribution in [0.25, 0.3) is 0 Å². The third-order valence-corrected chi connectivity index (χ3v) is 2.65. The second-order valence-corrected chi connectivity index (χ2v) is 4.13. The summed E-state index contributed by atoms with van der Waals surface area (Å²) in [6.07, 6.45) is 3.64. The molecule has 0 aromatic rings. The van der Waals surface area contributed by atoms with Crippen LogP contribution < -0.4 is 0 Å². The zero-order valence-corrected chi connectivity index (χ0v) is 8.99. The Labute approximate surface area is 85.7 Å². The lowest BCUT2D eigenvalue weighted by Gasteiger charge is -2.27. The molecule has 0 aromatic heterocycles. The van der Waals surface area contributed by atoms with E-state index in [4.69, 9.17) is 5.26 Å². The molecule has 0 heterocycles. The normalized spacial score (nSPS) is 17.9. The summed E-state index contributed by atoms with van der Waals surface area (Å²) >= 11 is 0.